The van der Waals surface area contributed by atoms with E-state index in [-0.39, 0.29) is 0 Å². The van der Waals surface area contributed by atoms with Gasteiger partial charge in [-0.25, -0.2) is 0 Å². The van der Waals surface area contributed by atoms with Gasteiger partial charge < -0.3 is 5.73 Å². The van der Waals surface area contributed by atoms with Gasteiger partial charge in [-0.05, 0) is 37.6 Å². The van der Waals surface area contributed by atoms with Crippen LogP contribution in [0.25, 0.3) is 0 Å². The van der Waals surface area contributed by atoms with Gasteiger partial charge in [0.25, 0.3) is 0 Å². The number of rotatable bonds is 3. The Morgan fingerprint density at radius 3 is 2.69 bits per heavy atom. The Hall–Kier alpha value is -1.02. The zero-order valence-electron chi connectivity index (χ0n) is 10.2. The third-order valence-electron chi connectivity index (χ3n) is 3.58. The van der Waals surface area contributed by atoms with E-state index in [1.54, 1.807) is 0 Å². The van der Waals surface area contributed by atoms with E-state index in [4.69, 9.17) is 5.73 Å². The molecule has 2 heteroatoms. The van der Waals surface area contributed by atoms with Crippen LogP contribution in [0.1, 0.15) is 37.7 Å². The van der Waals surface area contributed by atoms with Gasteiger partial charge in [0.15, 0.2) is 0 Å². The third kappa shape index (κ3) is 2.99. The molecule has 0 aromatic heterocycles. The van der Waals surface area contributed by atoms with E-state index in [2.05, 4.69) is 24.1 Å². The minimum Gasteiger partial charge on any atom is -0.399 e. The van der Waals surface area contributed by atoms with Gasteiger partial charge >= 0.3 is 0 Å². The molecule has 0 aliphatic heterocycles. The smallest absolute Gasteiger partial charge is 0.0317 e. The van der Waals surface area contributed by atoms with Gasteiger partial charge in [0, 0.05) is 18.3 Å². The summed E-state index contributed by atoms with van der Waals surface area (Å²) < 4.78 is 0. The van der Waals surface area contributed by atoms with Crippen LogP contribution < -0.4 is 5.73 Å². The molecule has 1 fully saturated rings. The van der Waals surface area contributed by atoms with Gasteiger partial charge in [-0.1, -0.05) is 31.4 Å². The van der Waals surface area contributed by atoms with E-state index >= 15 is 0 Å². The van der Waals surface area contributed by atoms with Crippen molar-refractivity contribution in [2.75, 3.05) is 12.8 Å². The summed E-state index contributed by atoms with van der Waals surface area (Å²) in [5.41, 5.74) is 7.99. The Labute approximate surface area is 98.4 Å². The Morgan fingerprint density at radius 2 is 2.00 bits per heavy atom. The first-order chi connectivity index (χ1) is 7.75. The van der Waals surface area contributed by atoms with Crippen LogP contribution in [0, 0.1) is 0 Å². The molecule has 1 aliphatic rings. The molecule has 88 valence electrons. The standard InChI is InChI=1S/C14H22N2/c1-16(14-8-3-2-4-9-14)11-12-6-5-7-13(15)10-12/h5-7,10,14H,2-4,8-9,11,15H2,1H3. The summed E-state index contributed by atoms with van der Waals surface area (Å²) in [5.74, 6) is 0. The lowest BCUT2D eigenvalue weighted by Gasteiger charge is -2.31. The van der Waals surface area contributed by atoms with Gasteiger partial charge in [0.05, 0.1) is 0 Å². The van der Waals surface area contributed by atoms with Crippen molar-refractivity contribution in [2.24, 2.45) is 0 Å². The normalized spacial score (nSPS) is 17.9. The lowest BCUT2D eigenvalue weighted by Crippen LogP contribution is -2.32. The summed E-state index contributed by atoms with van der Waals surface area (Å²) in [6.45, 7) is 1.02. The second-order valence-electron chi connectivity index (χ2n) is 4.95. The predicted octanol–water partition coefficient (Wildman–Crippen LogP) is 3.03. The third-order valence-corrected chi connectivity index (χ3v) is 3.58. The molecular formula is C14H22N2. The van der Waals surface area contributed by atoms with Crippen LogP contribution in [0.4, 0.5) is 5.69 Å². The van der Waals surface area contributed by atoms with Crippen molar-refractivity contribution >= 4 is 5.69 Å². The molecule has 1 saturated carbocycles. The van der Waals surface area contributed by atoms with Crippen LogP contribution in [0.15, 0.2) is 24.3 Å². The highest BCUT2D eigenvalue weighted by Crippen LogP contribution is 2.23. The second-order valence-corrected chi connectivity index (χ2v) is 4.95. The van der Waals surface area contributed by atoms with Crippen LogP contribution in [-0.2, 0) is 6.54 Å². The lowest BCUT2D eigenvalue weighted by molar-refractivity contribution is 0.184. The highest BCUT2D eigenvalue weighted by Gasteiger charge is 2.17. The number of hydrogen-bond acceptors (Lipinski definition) is 2. The molecule has 0 bridgehead atoms. The van der Waals surface area contributed by atoms with E-state index in [0.29, 0.717) is 0 Å². The maximum Gasteiger partial charge on any atom is 0.0317 e. The number of benzene rings is 1. The van der Waals surface area contributed by atoms with Gasteiger partial charge in [-0.2, -0.15) is 0 Å². The van der Waals surface area contributed by atoms with Crippen molar-refractivity contribution in [3.05, 3.63) is 29.8 Å². The van der Waals surface area contributed by atoms with Crippen molar-refractivity contribution in [1.82, 2.24) is 4.90 Å². The Kier molecular flexibility index (Phi) is 3.83. The van der Waals surface area contributed by atoms with E-state index in [0.717, 1.165) is 18.3 Å². The molecule has 1 aromatic rings. The Morgan fingerprint density at radius 1 is 1.25 bits per heavy atom. The monoisotopic (exact) mass is 218 g/mol. The first-order valence-corrected chi connectivity index (χ1v) is 6.30. The van der Waals surface area contributed by atoms with Crippen molar-refractivity contribution in [3.63, 3.8) is 0 Å². The minimum atomic E-state index is 0.773. The number of hydrogen-bond donors (Lipinski definition) is 1. The second kappa shape index (κ2) is 5.35. The number of nitrogen functional groups attached to an aromatic ring is 1. The molecule has 0 amide bonds. The molecule has 2 nitrogen and oxygen atoms in total. The molecule has 1 aliphatic carbocycles. The summed E-state index contributed by atoms with van der Waals surface area (Å²) in [6, 6.07) is 9.01. The molecule has 0 heterocycles. The average Bonchev–Trinajstić information content (AvgIpc) is 2.30. The van der Waals surface area contributed by atoms with E-state index < -0.39 is 0 Å². The van der Waals surface area contributed by atoms with Crippen LogP contribution >= 0.6 is 0 Å². The fraction of sp³-hybridized carbons (Fsp3) is 0.571. The SMILES string of the molecule is CN(Cc1cccc(N)c1)C1CCCCC1. The maximum atomic E-state index is 5.79. The summed E-state index contributed by atoms with van der Waals surface area (Å²) in [6.07, 6.45) is 6.93. The Balaban J connectivity index is 1.93. The largest absolute Gasteiger partial charge is 0.399 e. The average molecular weight is 218 g/mol. The van der Waals surface area contributed by atoms with Gasteiger partial charge in [0.1, 0.15) is 0 Å². The maximum absolute atomic E-state index is 5.79. The molecule has 2 rings (SSSR count). The minimum absolute atomic E-state index is 0.773. The van der Waals surface area contributed by atoms with E-state index in [1.807, 2.05) is 12.1 Å². The fourth-order valence-corrected chi connectivity index (χ4v) is 2.63. The summed E-state index contributed by atoms with van der Waals surface area (Å²) >= 11 is 0. The number of nitrogens with zero attached hydrogens (tertiary/aromatic N) is 1. The van der Waals surface area contributed by atoms with E-state index in [9.17, 15) is 0 Å². The van der Waals surface area contributed by atoms with Crippen LogP contribution in [0.2, 0.25) is 0 Å². The lowest BCUT2D eigenvalue weighted by atomic mass is 9.94. The first-order valence-electron chi connectivity index (χ1n) is 6.30. The van der Waals surface area contributed by atoms with Crippen molar-refractivity contribution in [2.45, 2.75) is 44.7 Å². The molecule has 0 spiro atoms. The summed E-state index contributed by atoms with van der Waals surface area (Å²) in [7, 11) is 2.24. The van der Waals surface area contributed by atoms with Gasteiger partial charge in [0.2, 0.25) is 0 Å². The molecule has 0 unspecified atom stereocenters. The zero-order valence-corrected chi connectivity index (χ0v) is 10.2. The van der Waals surface area contributed by atoms with Crippen molar-refractivity contribution < 1.29 is 0 Å². The summed E-state index contributed by atoms with van der Waals surface area (Å²) in [5, 5.41) is 0. The number of anilines is 1. The molecule has 2 N–H and O–H groups in total. The van der Waals surface area contributed by atoms with Crippen LogP contribution in [0.5, 0.6) is 0 Å². The fourth-order valence-electron chi connectivity index (χ4n) is 2.63. The molecular weight excluding hydrogens is 196 g/mol. The Bertz CT molecular complexity index is 329. The van der Waals surface area contributed by atoms with Crippen LogP contribution in [0.3, 0.4) is 0 Å². The molecule has 0 saturated heterocycles. The highest BCUT2D eigenvalue weighted by molar-refractivity contribution is 5.40. The molecule has 0 radical (unpaired) electrons. The topological polar surface area (TPSA) is 29.3 Å². The van der Waals surface area contributed by atoms with Crippen molar-refractivity contribution in [3.8, 4) is 0 Å². The van der Waals surface area contributed by atoms with Gasteiger partial charge in [-0.3, -0.25) is 4.90 Å². The van der Waals surface area contributed by atoms with Crippen LogP contribution in [-0.4, -0.2) is 18.0 Å². The quantitative estimate of drug-likeness (QED) is 0.790. The molecule has 16 heavy (non-hydrogen) atoms. The first kappa shape index (κ1) is 11.5. The predicted molar refractivity (Wildman–Crippen MR) is 69.2 cm³/mol. The zero-order chi connectivity index (χ0) is 11.4. The number of nitrogens with two attached hydrogens (primary N) is 1. The summed E-state index contributed by atoms with van der Waals surface area (Å²) in [4.78, 5) is 2.48. The van der Waals surface area contributed by atoms with E-state index in [1.165, 1.54) is 37.7 Å². The van der Waals surface area contributed by atoms with Gasteiger partial charge in [-0.15, -0.1) is 0 Å². The molecule has 1 aromatic carbocycles. The highest BCUT2D eigenvalue weighted by atomic mass is 15.1. The molecule has 0 atom stereocenters. The van der Waals surface area contributed by atoms with Crippen molar-refractivity contribution in [1.29, 1.82) is 0 Å².